The van der Waals surface area contributed by atoms with Gasteiger partial charge in [0.25, 0.3) is 0 Å². The maximum absolute atomic E-state index is 10.6. The van der Waals surface area contributed by atoms with Gasteiger partial charge < -0.3 is 9.84 Å². The fraction of sp³-hybridized carbons (Fsp3) is 1.00. The number of ether oxygens (including phenoxy) is 1. The SMILES string of the molecule is CCCCCCCCCC1(O)CC(C)OC(C)C1. The first-order valence-corrected chi connectivity index (χ1v) is 7.93. The highest BCUT2D eigenvalue weighted by molar-refractivity contribution is 4.87. The van der Waals surface area contributed by atoms with Crippen LogP contribution in [-0.4, -0.2) is 22.9 Å². The van der Waals surface area contributed by atoms with Crippen LogP contribution in [0.15, 0.2) is 0 Å². The van der Waals surface area contributed by atoms with Gasteiger partial charge in [0.2, 0.25) is 0 Å². The lowest BCUT2D eigenvalue weighted by atomic mass is 9.83. The van der Waals surface area contributed by atoms with Crippen molar-refractivity contribution in [2.75, 3.05) is 0 Å². The van der Waals surface area contributed by atoms with Gasteiger partial charge in [0, 0.05) is 12.8 Å². The predicted molar refractivity (Wildman–Crippen MR) is 76.8 cm³/mol. The molecule has 0 radical (unpaired) electrons. The van der Waals surface area contributed by atoms with Crippen LogP contribution < -0.4 is 0 Å². The van der Waals surface area contributed by atoms with Crippen LogP contribution in [0.1, 0.15) is 85.0 Å². The first-order valence-electron chi connectivity index (χ1n) is 7.93. The van der Waals surface area contributed by atoms with E-state index < -0.39 is 5.60 Å². The second kappa shape index (κ2) is 8.16. The van der Waals surface area contributed by atoms with Crippen LogP contribution in [0.25, 0.3) is 0 Å². The molecule has 2 heteroatoms. The molecule has 2 nitrogen and oxygen atoms in total. The van der Waals surface area contributed by atoms with Crippen LogP contribution in [0.5, 0.6) is 0 Å². The van der Waals surface area contributed by atoms with E-state index in [0.717, 1.165) is 19.3 Å². The van der Waals surface area contributed by atoms with Crippen molar-refractivity contribution < 1.29 is 9.84 Å². The first kappa shape index (κ1) is 16.0. The van der Waals surface area contributed by atoms with E-state index in [4.69, 9.17) is 4.74 Å². The van der Waals surface area contributed by atoms with E-state index in [1.54, 1.807) is 0 Å². The topological polar surface area (TPSA) is 29.5 Å². The molecule has 0 amide bonds. The van der Waals surface area contributed by atoms with Gasteiger partial charge in [-0.1, -0.05) is 51.9 Å². The van der Waals surface area contributed by atoms with E-state index >= 15 is 0 Å². The van der Waals surface area contributed by atoms with Crippen molar-refractivity contribution >= 4 is 0 Å². The molecule has 2 atom stereocenters. The lowest BCUT2D eigenvalue weighted by molar-refractivity contribution is -0.134. The Hall–Kier alpha value is -0.0800. The Morgan fingerprint density at radius 3 is 2.00 bits per heavy atom. The van der Waals surface area contributed by atoms with E-state index in [2.05, 4.69) is 20.8 Å². The minimum absolute atomic E-state index is 0.211. The van der Waals surface area contributed by atoms with Gasteiger partial charge in [-0.15, -0.1) is 0 Å². The zero-order valence-corrected chi connectivity index (χ0v) is 12.6. The standard InChI is InChI=1S/C16H32O2/c1-4-5-6-7-8-9-10-11-16(17)12-14(2)18-15(3)13-16/h14-15,17H,4-13H2,1-3H3. The van der Waals surface area contributed by atoms with Gasteiger partial charge in [0.15, 0.2) is 0 Å². The summed E-state index contributed by atoms with van der Waals surface area (Å²) in [7, 11) is 0. The summed E-state index contributed by atoms with van der Waals surface area (Å²) in [6.45, 7) is 6.40. The van der Waals surface area contributed by atoms with Gasteiger partial charge in [0.05, 0.1) is 17.8 Å². The number of unbranched alkanes of at least 4 members (excludes halogenated alkanes) is 6. The van der Waals surface area contributed by atoms with Crippen molar-refractivity contribution in [3.8, 4) is 0 Å². The molecular formula is C16H32O2. The van der Waals surface area contributed by atoms with Gasteiger partial charge in [-0.2, -0.15) is 0 Å². The number of hydrogen-bond acceptors (Lipinski definition) is 2. The fourth-order valence-corrected chi connectivity index (χ4v) is 3.26. The number of rotatable bonds is 8. The Morgan fingerprint density at radius 1 is 0.944 bits per heavy atom. The molecule has 0 aromatic heterocycles. The molecule has 0 bridgehead atoms. The Morgan fingerprint density at radius 2 is 1.44 bits per heavy atom. The highest BCUT2D eigenvalue weighted by Gasteiger charge is 2.35. The van der Waals surface area contributed by atoms with Crippen LogP contribution in [0.2, 0.25) is 0 Å². The normalized spacial score (nSPS) is 32.7. The Kier molecular flexibility index (Phi) is 7.25. The molecule has 1 N–H and O–H groups in total. The summed E-state index contributed by atoms with van der Waals surface area (Å²) in [6, 6.07) is 0. The molecule has 1 heterocycles. The molecule has 1 fully saturated rings. The molecule has 1 aliphatic heterocycles. The molecule has 0 aromatic rings. The quantitative estimate of drug-likeness (QED) is 0.650. The number of hydrogen-bond donors (Lipinski definition) is 1. The Bertz CT molecular complexity index is 205. The first-order chi connectivity index (χ1) is 8.56. The summed E-state index contributed by atoms with van der Waals surface area (Å²) >= 11 is 0. The molecule has 1 rings (SSSR count). The lowest BCUT2D eigenvalue weighted by Gasteiger charge is -2.39. The smallest absolute Gasteiger partial charge is 0.0697 e. The highest BCUT2D eigenvalue weighted by Crippen LogP contribution is 2.33. The summed E-state index contributed by atoms with van der Waals surface area (Å²) in [5.41, 5.74) is -0.458. The van der Waals surface area contributed by atoms with Gasteiger partial charge in [-0.3, -0.25) is 0 Å². The van der Waals surface area contributed by atoms with E-state index in [-0.39, 0.29) is 12.2 Å². The van der Waals surface area contributed by atoms with Crippen LogP contribution in [-0.2, 0) is 4.74 Å². The van der Waals surface area contributed by atoms with Crippen LogP contribution in [0.3, 0.4) is 0 Å². The number of aliphatic hydroxyl groups is 1. The molecule has 108 valence electrons. The van der Waals surface area contributed by atoms with Crippen LogP contribution in [0, 0.1) is 0 Å². The molecule has 0 aromatic carbocycles. The van der Waals surface area contributed by atoms with Crippen molar-refractivity contribution in [3.05, 3.63) is 0 Å². The average molecular weight is 256 g/mol. The van der Waals surface area contributed by atoms with E-state index in [9.17, 15) is 5.11 Å². The monoisotopic (exact) mass is 256 g/mol. The second-order valence-corrected chi connectivity index (χ2v) is 6.26. The van der Waals surface area contributed by atoms with Gasteiger partial charge in [0.1, 0.15) is 0 Å². The molecule has 2 unspecified atom stereocenters. The second-order valence-electron chi connectivity index (χ2n) is 6.26. The van der Waals surface area contributed by atoms with E-state index in [1.807, 2.05) is 0 Å². The van der Waals surface area contributed by atoms with Gasteiger partial charge >= 0.3 is 0 Å². The predicted octanol–water partition coefficient (Wildman–Crippen LogP) is 4.45. The summed E-state index contributed by atoms with van der Waals surface area (Å²) in [5, 5.41) is 10.6. The van der Waals surface area contributed by atoms with Crippen molar-refractivity contribution in [1.82, 2.24) is 0 Å². The molecule has 0 saturated carbocycles. The van der Waals surface area contributed by atoms with Crippen molar-refractivity contribution in [2.24, 2.45) is 0 Å². The van der Waals surface area contributed by atoms with Crippen molar-refractivity contribution in [3.63, 3.8) is 0 Å². The molecule has 0 spiro atoms. The summed E-state index contributed by atoms with van der Waals surface area (Å²) in [4.78, 5) is 0. The van der Waals surface area contributed by atoms with Crippen molar-refractivity contribution in [1.29, 1.82) is 0 Å². The maximum Gasteiger partial charge on any atom is 0.0697 e. The lowest BCUT2D eigenvalue weighted by Crippen LogP contribution is -2.43. The minimum Gasteiger partial charge on any atom is -0.390 e. The third-order valence-electron chi connectivity index (χ3n) is 4.05. The molecule has 1 aliphatic rings. The summed E-state index contributed by atoms with van der Waals surface area (Å²) in [6.07, 6.45) is 12.2. The molecule has 18 heavy (non-hydrogen) atoms. The van der Waals surface area contributed by atoms with Crippen LogP contribution >= 0.6 is 0 Å². The molecule has 0 aliphatic carbocycles. The zero-order valence-electron chi connectivity index (χ0n) is 12.6. The Balaban J connectivity index is 2.10. The molecular weight excluding hydrogens is 224 g/mol. The summed E-state index contributed by atoms with van der Waals surface area (Å²) < 4.78 is 5.69. The minimum atomic E-state index is -0.458. The largest absolute Gasteiger partial charge is 0.390 e. The van der Waals surface area contributed by atoms with Gasteiger partial charge in [-0.05, 0) is 20.3 Å². The average Bonchev–Trinajstić information content (AvgIpc) is 2.26. The fourth-order valence-electron chi connectivity index (χ4n) is 3.26. The highest BCUT2D eigenvalue weighted by atomic mass is 16.5. The third kappa shape index (κ3) is 6.19. The summed E-state index contributed by atoms with van der Waals surface area (Å²) in [5.74, 6) is 0. The zero-order chi connectivity index (χ0) is 13.4. The van der Waals surface area contributed by atoms with E-state index in [1.165, 1.54) is 44.9 Å². The third-order valence-corrected chi connectivity index (χ3v) is 4.05. The van der Waals surface area contributed by atoms with E-state index in [0.29, 0.717) is 0 Å². The Labute approximate surface area is 113 Å². The maximum atomic E-state index is 10.6. The van der Waals surface area contributed by atoms with Gasteiger partial charge in [-0.25, -0.2) is 0 Å². The van der Waals surface area contributed by atoms with Crippen molar-refractivity contribution in [2.45, 2.75) is 103 Å². The van der Waals surface area contributed by atoms with Crippen LogP contribution in [0.4, 0.5) is 0 Å². The molecule has 1 saturated heterocycles.